The van der Waals surface area contributed by atoms with Crippen molar-refractivity contribution in [3.8, 4) is 6.07 Å². The highest BCUT2D eigenvalue weighted by atomic mass is 14.9. The summed E-state index contributed by atoms with van der Waals surface area (Å²) in [5, 5.41) is 13.0. The van der Waals surface area contributed by atoms with Crippen molar-refractivity contribution in [1.29, 1.82) is 5.26 Å². The molecule has 1 aliphatic rings. The van der Waals surface area contributed by atoms with Crippen molar-refractivity contribution in [2.45, 2.75) is 39.3 Å². The van der Waals surface area contributed by atoms with Crippen molar-refractivity contribution in [2.75, 3.05) is 0 Å². The molecular weight excluding hydrogens is 294 g/mol. The summed E-state index contributed by atoms with van der Waals surface area (Å²) in [4.78, 5) is 0. The minimum atomic E-state index is 0.736. The molecule has 0 unspecified atom stereocenters. The van der Waals surface area contributed by atoms with E-state index in [1.165, 1.54) is 41.5 Å². The number of nitrogens with one attached hydrogen (secondary N) is 1. The molecule has 0 amide bonds. The first-order valence-corrected chi connectivity index (χ1v) is 8.58. The van der Waals surface area contributed by atoms with Crippen molar-refractivity contribution in [3.63, 3.8) is 0 Å². The van der Waals surface area contributed by atoms with Gasteiger partial charge in [0.15, 0.2) is 0 Å². The Bertz CT molecular complexity index is 944. The Morgan fingerprint density at radius 3 is 2.88 bits per heavy atom. The topological polar surface area (TPSA) is 40.2 Å². The molecular formula is C21H21N3. The van der Waals surface area contributed by atoms with Gasteiger partial charge in [-0.05, 0) is 66.1 Å². The third-order valence-corrected chi connectivity index (χ3v) is 5.12. The van der Waals surface area contributed by atoms with E-state index in [1.807, 2.05) is 29.7 Å². The van der Waals surface area contributed by atoms with E-state index in [0.717, 1.165) is 29.9 Å². The number of nitrogens with zero attached hydrogens (tertiary/aromatic N) is 2. The summed E-state index contributed by atoms with van der Waals surface area (Å²) in [5.74, 6) is 0. The molecule has 3 heteroatoms. The second-order valence-corrected chi connectivity index (χ2v) is 6.58. The van der Waals surface area contributed by atoms with Gasteiger partial charge in [0, 0.05) is 19.3 Å². The van der Waals surface area contributed by atoms with Crippen LogP contribution in [0.15, 0.2) is 42.6 Å². The molecule has 3 nitrogen and oxygen atoms in total. The van der Waals surface area contributed by atoms with Gasteiger partial charge in [-0.25, -0.2) is 0 Å². The average Bonchev–Trinajstić information content (AvgIpc) is 3.17. The maximum Gasteiger partial charge on any atom is 0.128 e. The lowest BCUT2D eigenvalue weighted by Gasteiger charge is -2.08. The first-order chi connectivity index (χ1) is 11.8. The van der Waals surface area contributed by atoms with E-state index in [0.29, 0.717) is 0 Å². The SMILES string of the molecule is Cc1c(CNCc2ccc3c(c2)CCC3)c2ccccn2c1C#N. The molecule has 2 heterocycles. The molecule has 0 fully saturated rings. The van der Waals surface area contributed by atoms with Crippen LogP contribution in [-0.4, -0.2) is 4.40 Å². The molecule has 0 saturated heterocycles. The molecule has 0 radical (unpaired) electrons. The molecule has 1 N–H and O–H groups in total. The maximum absolute atomic E-state index is 9.43. The summed E-state index contributed by atoms with van der Waals surface area (Å²) < 4.78 is 1.99. The molecule has 0 saturated carbocycles. The highest BCUT2D eigenvalue weighted by molar-refractivity contribution is 5.63. The fourth-order valence-electron chi connectivity index (χ4n) is 3.83. The van der Waals surface area contributed by atoms with Gasteiger partial charge in [0.2, 0.25) is 0 Å². The first kappa shape index (κ1) is 15.0. The van der Waals surface area contributed by atoms with E-state index in [9.17, 15) is 5.26 Å². The van der Waals surface area contributed by atoms with Crippen LogP contribution in [0.5, 0.6) is 0 Å². The molecule has 1 aromatic carbocycles. The molecule has 24 heavy (non-hydrogen) atoms. The van der Waals surface area contributed by atoms with Gasteiger partial charge < -0.3 is 9.72 Å². The minimum Gasteiger partial charge on any atom is -0.309 e. The number of aromatic nitrogens is 1. The van der Waals surface area contributed by atoms with Crippen LogP contribution in [0.2, 0.25) is 0 Å². The number of nitriles is 1. The summed E-state index contributed by atoms with van der Waals surface area (Å²) in [6, 6.07) is 15.3. The van der Waals surface area contributed by atoms with Gasteiger partial charge in [0.25, 0.3) is 0 Å². The summed E-state index contributed by atoms with van der Waals surface area (Å²) in [7, 11) is 0. The van der Waals surface area contributed by atoms with Crippen molar-refractivity contribution >= 4 is 5.52 Å². The van der Waals surface area contributed by atoms with Crippen LogP contribution in [0.3, 0.4) is 0 Å². The van der Waals surface area contributed by atoms with Gasteiger partial charge in [0.1, 0.15) is 11.8 Å². The van der Waals surface area contributed by atoms with Gasteiger partial charge in [-0.3, -0.25) is 0 Å². The third-order valence-electron chi connectivity index (χ3n) is 5.12. The van der Waals surface area contributed by atoms with E-state index in [4.69, 9.17) is 0 Å². The monoisotopic (exact) mass is 315 g/mol. The lowest BCUT2D eigenvalue weighted by molar-refractivity contribution is 0.694. The smallest absolute Gasteiger partial charge is 0.128 e. The number of pyridine rings is 1. The van der Waals surface area contributed by atoms with Crippen LogP contribution in [0.4, 0.5) is 0 Å². The number of hydrogen-bond acceptors (Lipinski definition) is 2. The molecule has 0 atom stereocenters. The molecule has 4 rings (SSSR count). The summed E-state index contributed by atoms with van der Waals surface area (Å²) in [5.41, 5.74) is 8.53. The summed E-state index contributed by atoms with van der Waals surface area (Å²) in [6.07, 6.45) is 5.71. The van der Waals surface area contributed by atoms with E-state index in [1.54, 1.807) is 0 Å². The van der Waals surface area contributed by atoms with Gasteiger partial charge in [-0.1, -0.05) is 24.3 Å². The fourth-order valence-corrected chi connectivity index (χ4v) is 3.83. The predicted molar refractivity (Wildman–Crippen MR) is 95.9 cm³/mol. The number of rotatable bonds is 4. The predicted octanol–water partition coefficient (Wildman–Crippen LogP) is 3.90. The van der Waals surface area contributed by atoms with E-state index in [-0.39, 0.29) is 0 Å². The first-order valence-electron chi connectivity index (χ1n) is 8.58. The zero-order valence-corrected chi connectivity index (χ0v) is 14.0. The van der Waals surface area contributed by atoms with Crippen LogP contribution in [-0.2, 0) is 25.9 Å². The summed E-state index contributed by atoms with van der Waals surface area (Å²) >= 11 is 0. The maximum atomic E-state index is 9.43. The third kappa shape index (κ3) is 2.50. The van der Waals surface area contributed by atoms with Crippen molar-refractivity contribution in [2.24, 2.45) is 0 Å². The number of benzene rings is 1. The van der Waals surface area contributed by atoms with Gasteiger partial charge >= 0.3 is 0 Å². The van der Waals surface area contributed by atoms with Gasteiger partial charge in [-0.2, -0.15) is 5.26 Å². The second-order valence-electron chi connectivity index (χ2n) is 6.58. The number of hydrogen-bond donors (Lipinski definition) is 1. The van der Waals surface area contributed by atoms with Crippen LogP contribution in [0.1, 0.15) is 39.9 Å². The van der Waals surface area contributed by atoms with Crippen LogP contribution >= 0.6 is 0 Å². The molecule has 1 aliphatic carbocycles. The highest BCUT2D eigenvalue weighted by Crippen LogP contribution is 2.24. The Kier molecular flexibility index (Phi) is 3.84. The van der Waals surface area contributed by atoms with Gasteiger partial charge in [-0.15, -0.1) is 0 Å². The molecule has 0 aliphatic heterocycles. The molecule has 120 valence electrons. The molecule has 2 aromatic heterocycles. The van der Waals surface area contributed by atoms with Gasteiger partial charge in [0.05, 0.1) is 5.52 Å². The Hall–Kier alpha value is -2.57. The largest absolute Gasteiger partial charge is 0.309 e. The second kappa shape index (κ2) is 6.14. The minimum absolute atomic E-state index is 0.736. The zero-order chi connectivity index (χ0) is 16.5. The quantitative estimate of drug-likeness (QED) is 0.793. The van der Waals surface area contributed by atoms with Crippen molar-refractivity contribution in [1.82, 2.24) is 9.72 Å². The van der Waals surface area contributed by atoms with Crippen LogP contribution < -0.4 is 5.32 Å². The molecule has 3 aromatic rings. The lowest BCUT2D eigenvalue weighted by Crippen LogP contribution is -2.13. The van der Waals surface area contributed by atoms with Crippen LogP contribution in [0, 0.1) is 18.3 Å². The number of aryl methyl sites for hydroxylation is 2. The standard InChI is InChI=1S/C21H21N3/c1-15-19(20-7-2-3-10-24(20)21(15)12-22)14-23-13-16-8-9-17-5-4-6-18(17)11-16/h2-3,7-11,23H,4-6,13-14H2,1H3. The Morgan fingerprint density at radius 2 is 2.00 bits per heavy atom. The van der Waals surface area contributed by atoms with Crippen molar-refractivity contribution < 1.29 is 0 Å². The number of fused-ring (bicyclic) bond motifs is 2. The highest BCUT2D eigenvalue weighted by Gasteiger charge is 2.14. The Balaban J connectivity index is 1.53. The lowest BCUT2D eigenvalue weighted by atomic mass is 10.1. The van der Waals surface area contributed by atoms with E-state index < -0.39 is 0 Å². The molecule has 0 bridgehead atoms. The van der Waals surface area contributed by atoms with Crippen LogP contribution in [0.25, 0.3) is 5.52 Å². The average molecular weight is 315 g/mol. The Labute approximate surface area is 142 Å². The fraction of sp³-hybridized carbons (Fsp3) is 0.286. The summed E-state index contributed by atoms with van der Waals surface area (Å²) in [6.45, 7) is 3.68. The zero-order valence-electron chi connectivity index (χ0n) is 14.0. The molecule has 0 spiro atoms. The van der Waals surface area contributed by atoms with E-state index in [2.05, 4.69) is 35.7 Å². The normalized spacial score (nSPS) is 13.2. The van der Waals surface area contributed by atoms with Crippen molar-refractivity contribution in [3.05, 3.63) is 76.1 Å². The van der Waals surface area contributed by atoms with E-state index >= 15 is 0 Å². The Morgan fingerprint density at radius 1 is 1.12 bits per heavy atom.